The number of halogens is 1. The van der Waals surface area contributed by atoms with E-state index < -0.39 is 0 Å². The summed E-state index contributed by atoms with van der Waals surface area (Å²) in [4.78, 5) is 11.2. The van der Waals surface area contributed by atoms with Gasteiger partial charge in [-0.2, -0.15) is 0 Å². The molecule has 1 aromatic carbocycles. The third-order valence-corrected chi connectivity index (χ3v) is 2.31. The van der Waals surface area contributed by atoms with Crippen LogP contribution in [0.1, 0.15) is 5.56 Å². The van der Waals surface area contributed by atoms with Crippen LogP contribution in [0.3, 0.4) is 0 Å². The lowest BCUT2D eigenvalue weighted by Crippen LogP contribution is -2.29. The molecule has 1 aromatic rings. The van der Waals surface area contributed by atoms with Gasteiger partial charge in [0.1, 0.15) is 5.75 Å². The second kappa shape index (κ2) is 6.04. The van der Waals surface area contributed by atoms with Gasteiger partial charge in [-0.15, -0.1) is 6.42 Å². The van der Waals surface area contributed by atoms with Crippen LogP contribution in [0.4, 0.5) is 0 Å². The zero-order chi connectivity index (χ0) is 12.0. The van der Waals surface area contributed by atoms with E-state index in [2.05, 4.69) is 11.2 Å². The number of rotatable bonds is 4. The molecule has 0 spiro atoms. The number of terminal acetylenes is 1. The van der Waals surface area contributed by atoms with Crippen molar-refractivity contribution in [3.63, 3.8) is 0 Å². The van der Waals surface area contributed by atoms with Crippen molar-refractivity contribution in [1.82, 2.24) is 5.32 Å². The molecule has 0 aliphatic heterocycles. The maximum Gasteiger partial charge on any atom is 0.258 e. The van der Waals surface area contributed by atoms with E-state index >= 15 is 0 Å². The second-order valence-corrected chi connectivity index (χ2v) is 3.59. The summed E-state index contributed by atoms with van der Waals surface area (Å²) in [5.41, 5.74) is 0.906. The monoisotopic (exact) mass is 237 g/mol. The zero-order valence-electron chi connectivity index (χ0n) is 8.92. The summed E-state index contributed by atoms with van der Waals surface area (Å²) in [6, 6.07) is 5.21. The summed E-state index contributed by atoms with van der Waals surface area (Å²) >= 11 is 5.85. The zero-order valence-corrected chi connectivity index (χ0v) is 9.67. The van der Waals surface area contributed by atoms with Crippen molar-refractivity contribution in [2.75, 3.05) is 13.2 Å². The van der Waals surface area contributed by atoms with Crippen LogP contribution in [-0.2, 0) is 4.79 Å². The number of aryl methyl sites for hydroxylation is 1. The predicted octanol–water partition coefficient (Wildman–Crippen LogP) is 1.78. The molecule has 0 saturated carbocycles. The van der Waals surface area contributed by atoms with Crippen LogP contribution in [0.5, 0.6) is 5.75 Å². The third-order valence-electron chi connectivity index (χ3n) is 1.89. The maximum absolute atomic E-state index is 11.2. The van der Waals surface area contributed by atoms with Gasteiger partial charge in [0.25, 0.3) is 5.91 Å². The van der Waals surface area contributed by atoms with Crippen LogP contribution in [-0.4, -0.2) is 19.1 Å². The minimum Gasteiger partial charge on any atom is -0.484 e. The van der Waals surface area contributed by atoms with Gasteiger partial charge >= 0.3 is 0 Å². The molecule has 4 heteroatoms. The number of benzene rings is 1. The molecule has 0 aliphatic rings. The fraction of sp³-hybridized carbons (Fsp3) is 0.250. The van der Waals surface area contributed by atoms with Crippen molar-refractivity contribution in [1.29, 1.82) is 0 Å². The lowest BCUT2D eigenvalue weighted by molar-refractivity contribution is -0.122. The normalized spacial score (nSPS) is 9.31. The molecule has 1 amide bonds. The summed E-state index contributed by atoms with van der Waals surface area (Å²) in [6.45, 7) is 2.03. The van der Waals surface area contributed by atoms with E-state index in [9.17, 15) is 4.79 Å². The molecule has 0 heterocycles. The summed E-state index contributed by atoms with van der Waals surface area (Å²) < 4.78 is 5.26. The molecule has 1 rings (SSSR count). The summed E-state index contributed by atoms with van der Waals surface area (Å²) in [5.74, 6) is 2.67. The summed E-state index contributed by atoms with van der Waals surface area (Å²) in [5, 5.41) is 3.17. The molecule has 3 nitrogen and oxygen atoms in total. The van der Waals surface area contributed by atoms with E-state index in [0.717, 1.165) is 5.56 Å². The molecule has 0 radical (unpaired) electrons. The van der Waals surface area contributed by atoms with Gasteiger partial charge in [-0.1, -0.05) is 17.5 Å². The Morgan fingerprint density at radius 2 is 2.38 bits per heavy atom. The van der Waals surface area contributed by atoms with Crippen molar-refractivity contribution >= 4 is 17.5 Å². The fourth-order valence-corrected chi connectivity index (χ4v) is 1.17. The average Bonchev–Trinajstić information content (AvgIpc) is 2.28. The Hall–Kier alpha value is -1.66. The molecule has 0 bridgehead atoms. The smallest absolute Gasteiger partial charge is 0.258 e. The number of carbonyl (C=O) groups excluding carboxylic acids is 1. The molecule has 0 aromatic heterocycles. The van der Waals surface area contributed by atoms with Gasteiger partial charge in [0, 0.05) is 5.02 Å². The molecule has 0 aliphatic carbocycles. The largest absolute Gasteiger partial charge is 0.484 e. The Kier molecular flexibility index (Phi) is 4.68. The number of ether oxygens (including phenoxy) is 1. The van der Waals surface area contributed by atoms with Crippen molar-refractivity contribution in [3.8, 4) is 18.1 Å². The van der Waals surface area contributed by atoms with Crippen LogP contribution < -0.4 is 10.1 Å². The first-order valence-electron chi connectivity index (χ1n) is 4.72. The molecule has 84 valence electrons. The highest BCUT2D eigenvalue weighted by molar-refractivity contribution is 6.31. The Morgan fingerprint density at radius 3 is 3.00 bits per heavy atom. The van der Waals surface area contributed by atoms with Gasteiger partial charge in [0.2, 0.25) is 0 Å². The summed E-state index contributed by atoms with van der Waals surface area (Å²) in [6.07, 6.45) is 5.00. The Labute approximate surface area is 99.7 Å². The van der Waals surface area contributed by atoms with Crippen LogP contribution in [0.25, 0.3) is 0 Å². The van der Waals surface area contributed by atoms with Gasteiger partial charge in [-0.05, 0) is 30.7 Å². The van der Waals surface area contributed by atoms with Crippen molar-refractivity contribution in [3.05, 3.63) is 28.8 Å². The van der Waals surface area contributed by atoms with Gasteiger partial charge < -0.3 is 10.1 Å². The lowest BCUT2D eigenvalue weighted by Gasteiger charge is -2.07. The minimum absolute atomic E-state index is 0.0528. The Balaban J connectivity index is 2.46. The highest BCUT2D eigenvalue weighted by Crippen LogP contribution is 2.20. The van der Waals surface area contributed by atoms with Crippen molar-refractivity contribution in [2.45, 2.75) is 6.92 Å². The molecule has 0 atom stereocenters. The van der Waals surface area contributed by atoms with Crippen molar-refractivity contribution in [2.24, 2.45) is 0 Å². The number of nitrogens with one attached hydrogen (secondary N) is 1. The molecule has 0 unspecified atom stereocenters. The molecule has 0 saturated heterocycles. The lowest BCUT2D eigenvalue weighted by atomic mass is 10.2. The molecular formula is C12H12ClNO2. The van der Waals surface area contributed by atoms with E-state index in [1.165, 1.54) is 0 Å². The van der Waals surface area contributed by atoms with E-state index in [0.29, 0.717) is 10.8 Å². The first kappa shape index (κ1) is 12.4. The summed E-state index contributed by atoms with van der Waals surface area (Å²) in [7, 11) is 0. The predicted molar refractivity (Wildman–Crippen MR) is 63.5 cm³/mol. The maximum atomic E-state index is 11.2. The SMILES string of the molecule is C#CCNC(=O)COc1ccc(Cl)c(C)c1. The van der Waals surface area contributed by atoms with Crippen LogP contribution in [0.15, 0.2) is 18.2 Å². The average molecular weight is 238 g/mol. The standard InChI is InChI=1S/C12H12ClNO2/c1-3-6-14-12(15)8-16-10-4-5-11(13)9(2)7-10/h1,4-5,7H,6,8H2,2H3,(H,14,15). The molecule has 16 heavy (non-hydrogen) atoms. The van der Waals surface area contributed by atoms with Crippen LogP contribution in [0, 0.1) is 19.3 Å². The molecule has 1 N–H and O–H groups in total. The number of hydrogen-bond acceptors (Lipinski definition) is 2. The van der Waals surface area contributed by atoms with E-state index in [4.69, 9.17) is 22.8 Å². The number of carbonyl (C=O) groups is 1. The Morgan fingerprint density at radius 1 is 1.62 bits per heavy atom. The number of amides is 1. The first-order chi connectivity index (χ1) is 7.63. The highest BCUT2D eigenvalue weighted by atomic mass is 35.5. The second-order valence-electron chi connectivity index (χ2n) is 3.18. The van der Waals surface area contributed by atoms with Gasteiger partial charge in [-0.3, -0.25) is 4.79 Å². The van der Waals surface area contributed by atoms with E-state index in [1.54, 1.807) is 18.2 Å². The van der Waals surface area contributed by atoms with Crippen LogP contribution in [0.2, 0.25) is 5.02 Å². The van der Waals surface area contributed by atoms with Crippen LogP contribution >= 0.6 is 11.6 Å². The first-order valence-corrected chi connectivity index (χ1v) is 5.10. The fourth-order valence-electron chi connectivity index (χ4n) is 1.06. The van der Waals surface area contributed by atoms with E-state index in [1.807, 2.05) is 6.92 Å². The van der Waals surface area contributed by atoms with Gasteiger partial charge in [0.05, 0.1) is 6.54 Å². The minimum atomic E-state index is -0.245. The molecule has 0 fully saturated rings. The van der Waals surface area contributed by atoms with Gasteiger partial charge in [0.15, 0.2) is 6.61 Å². The van der Waals surface area contributed by atoms with E-state index in [-0.39, 0.29) is 19.1 Å². The van der Waals surface area contributed by atoms with Gasteiger partial charge in [-0.25, -0.2) is 0 Å². The highest BCUT2D eigenvalue weighted by Gasteiger charge is 2.02. The quantitative estimate of drug-likeness (QED) is 0.811. The Bertz CT molecular complexity index is 424. The molecular weight excluding hydrogens is 226 g/mol. The number of hydrogen-bond donors (Lipinski definition) is 1. The third kappa shape index (κ3) is 3.84. The topological polar surface area (TPSA) is 38.3 Å². The van der Waals surface area contributed by atoms with Crippen molar-refractivity contribution < 1.29 is 9.53 Å².